The third-order valence-electron chi connectivity index (χ3n) is 25.2. The number of rotatable bonds is 24. The third kappa shape index (κ3) is 14.1. The molecule has 5 aromatic heterocycles. The summed E-state index contributed by atoms with van der Waals surface area (Å²) in [6.45, 7) is -5.20. The van der Waals surface area contributed by atoms with Crippen LogP contribution in [0.25, 0.3) is 66.8 Å². The number of ether oxygens (including phenoxy) is 4. The number of fused-ring (bicyclic) bond motifs is 18. The Hall–Kier alpha value is -16.1. The van der Waals surface area contributed by atoms with Crippen LogP contribution in [-0.4, -0.2) is 76.3 Å². The third-order valence-corrected chi connectivity index (χ3v) is 38.9. The van der Waals surface area contributed by atoms with Crippen molar-refractivity contribution in [3.8, 4) is 160 Å². The minimum atomic E-state index is -4.70. The molecule has 11 heterocycles. The van der Waals surface area contributed by atoms with E-state index in [2.05, 4.69) is 0 Å². The molecular formula is C97H74N10O27P6. The first kappa shape index (κ1) is 87.9. The number of aromatic hydroxyl groups is 6. The van der Waals surface area contributed by atoms with Crippen molar-refractivity contribution >= 4 is 76.0 Å². The number of hydrogen-bond donors (Lipinski definition) is 6. The number of hydrogen-bond acceptors (Lipinski definition) is 27. The lowest BCUT2D eigenvalue weighted by molar-refractivity contribution is 0.158. The van der Waals surface area contributed by atoms with Crippen molar-refractivity contribution in [3.05, 3.63) is 344 Å². The van der Waals surface area contributed by atoms with E-state index in [4.69, 9.17) is 46.1 Å². The largest absolute Gasteiger partial charge is 0.491 e. The van der Waals surface area contributed by atoms with Crippen LogP contribution in [-0.2, 0) is 92.0 Å². The van der Waals surface area contributed by atoms with Crippen molar-refractivity contribution in [1.82, 2.24) is 45.7 Å². The van der Waals surface area contributed by atoms with Crippen molar-refractivity contribution in [2.75, 3.05) is 0 Å². The van der Waals surface area contributed by atoms with Crippen LogP contribution in [0.4, 0.5) is 0 Å². The van der Waals surface area contributed by atoms with Crippen LogP contribution < -0.4 is 106 Å². The van der Waals surface area contributed by atoms with Crippen molar-refractivity contribution in [2.24, 2.45) is 0 Å². The molecule has 6 aliphatic heterocycles. The minimum Gasteiger partial charge on any atom is -0.491 e. The molecule has 6 aliphatic rings. The monoisotopic (exact) mass is 2000 g/mol. The highest BCUT2D eigenvalue weighted by molar-refractivity contribution is 7.68. The van der Waals surface area contributed by atoms with E-state index < -0.39 is 196 Å². The van der Waals surface area contributed by atoms with E-state index in [9.17, 15) is 40.2 Å². The predicted octanol–water partition coefficient (Wildman–Crippen LogP) is 14.6. The summed E-state index contributed by atoms with van der Waals surface area (Å²) >= 11 is 0. The summed E-state index contributed by atoms with van der Waals surface area (Å²) in [6.07, 6.45) is -5.95. The zero-order valence-corrected chi connectivity index (χ0v) is 78.1. The van der Waals surface area contributed by atoms with Crippen LogP contribution >= 0.6 is 44.2 Å². The Labute approximate surface area is 789 Å². The Kier molecular flexibility index (Phi) is 20.8. The fraction of sp³-hybridized carbons (Fsp3) is 0.103. The highest BCUT2D eigenvalue weighted by Crippen LogP contribution is 2.64. The number of para-hydroxylation sites is 6. The molecule has 0 spiro atoms. The van der Waals surface area contributed by atoms with E-state index in [1.54, 1.807) is 231 Å². The molecule has 0 bridgehead atoms. The smallest absolute Gasteiger partial charge is 0.337 e. The summed E-state index contributed by atoms with van der Waals surface area (Å²) in [5, 5.41) is 74.0. The molecule has 37 nitrogen and oxygen atoms in total. The Bertz CT molecular complexity index is 8320. The van der Waals surface area contributed by atoms with Crippen molar-refractivity contribution in [1.29, 1.82) is 0 Å². The Balaban J connectivity index is 0.677. The standard InChI is InChI=1S/C97H74N10O27P6/c108-83-85(110)102(53-135(119)77-43-19-7-31-65(77)59-25-1-13-37-71(59)129-135)93(114)98(83)49-125-89-87(112)100(95(116)104(89)55-137(121)79-45-21-9-33-67(79)61-27-3-15-39-73(61)131-137)51-127-91-92(107(58-140(124)82-48-24-12-36-70(82)64-30-6-18-42-76(64)134-140)97(118)106(91)57-139(123)81-47-23-11-35-69(81)63-29-5-17-41-75(63)133-139)128-52-101-88(113)90(105(96(101)117)56-138(122)80-46-22-10-34-68(80)62-28-4-16-40-74(62)132-138)126-50-99-84(109)86(111)103(94(99)115)54-136(120)78-44-20-8-32-66(78)60-26-2-14-38-72(60)130-136/h1-48,108-113H,49-58H2. The first-order valence-corrected chi connectivity index (χ1v) is 54.2. The van der Waals surface area contributed by atoms with Gasteiger partial charge in [-0.25, -0.2) is 69.6 Å². The molecule has 140 heavy (non-hydrogen) atoms. The molecule has 0 aliphatic carbocycles. The van der Waals surface area contributed by atoms with Crippen molar-refractivity contribution in [2.45, 2.75) is 64.6 Å². The van der Waals surface area contributed by atoms with Crippen LogP contribution in [0.1, 0.15) is 0 Å². The first-order chi connectivity index (χ1) is 67.6. The molecule has 17 aromatic rings. The molecule has 704 valence electrons. The van der Waals surface area contributed by atoms with Gasteiger partial charge in [0, 0.05) is 33.4 Å². The highest BCUT2D eigenvalue weighted by Gasteiger charge is 2.48. The van der Waals surface area contributed by atoms with Gasteiger partial charge in [-0.15, -0.1) is 0 Å². The summed E-state index contributed by atoms with van der Waals surface area (Å²) < 4.78 is 167. The molecule has 12 aromatic carbocycles. The van der Waals surface area contributed by atoms with Gasteiger partial charge < -0.3 is 76.7 Å². The second kappa shape index (κ2) is 33.1. The Morgan fingerprint density at radius 2 is 0.336 bits per heavy atom. The van der Waals surface area contributed by atoms with Crippen LogP contribution in [0.15, 0.2) is 315 Å². The summed E-state index contributed by atoms with van der Waals surface area (Å²) in [4.78, 5) is 78.9. The quantitative estimate of drug-likeness (QED) is 0.0306. The molecule has 6 N–H and O–H groups in total. The van der Waals surface area contributed by atoms with Gasteiger partial charge in [-0.3, -0.25) is 27.4 Å². The van der Waals surface area contributed by atoms with Gasteiger partial charge in [0.1, 0.15) is 72.2 Å². The van der Waals surface area contributed by atoms with E-state index in [1.165, 1.54) is 60.7 Å². The first-order valence-electron chi connectivity index (χ1n) is 43.3. The second-order valence-electron chi connectivity index (χ2n) is 33.5. The maximum atomic E-state index is 16.8. The summed E-state index contributed by atoms with van der Waals surface area (Å²) in [5.41, 5.74) is -0.922. The van der Waals surface area contributed by atoms with Crippen LogP contribution in [0.3, 0.4) is 0 Å². The summed E-state index contributed by atoms with van der Waals surface area (Å²) in [5.74, 6) is -10.1. The van der Waals surface area contributed by atoms with Gasteiger partial charge >= 0.3 is 28.4 Å². The highest BCUT2D eigenvalue weighted by atomic mass is 31.2. The summed E-state index contributed by atoms with van der Waals surface area (Å²) in [6, 6.07) is 78.4. The van der Waals surface area contributed by atoms with Gasteiger partial charge in [0.2, 0.25) is 0 Å². The molecule has 0 saturated heterocycles. The molecule has 23 rings (SSSR count). The molecular weight excluding hydrogens is 1920 g/mol. The lowest BCUT2D eigenvalue weighted by atomic mass is 10.0. The lowest BCUT2D eigenvalue weighted by Gasteiger charge is -2.29. The lowest BCUT2D eigenvalue weighted by Crippen LogP contribution is -2.31. The zero-order chi connectivity index (χ0) is 96.4. The average Bonchev–Trinajstić information content (AvgIpc) is 1.54. The maximum absolute atomic E-state index is 16.8. The molecule has 0 amide bonds. The number of nitrogens with zero attached hydrogens (tertiary/aromatic N) is 10. The fourth-order valence-corrected chi connectivity index (χ4v) is 32.4. The molecule has 0 saturated carbocycles. The van der Waals surface area contributed by atoms with Gasteiger partial charge in [0.15, 0.2) is 26.9 Å². The van der Waals surface area contributed by atoms with E-state index in [0.29, 0.717) is 103 Å². The molecule has 6 atom stereocenters. The van der Waals surface area contributed by atoms with E-state index >= 15 is 41.8 Å². The van der Waals surface area contributed by atoms with E-state index in [0.717, 1.165) is 9.13 Å². The number of benzene rings is 12. The second-order valence-corrected chi connectivity index (χ2v) is 47.2. The Morgan fingerprint density at radius 3 is 0.557 bits per heavy atom. The van der Waals surface area contributed by atoms with Crippen LogP contribution in [0.5, 0.6) is 93.3 Å². The number of imidazole rings is 5. The normalized spacial score (nSPS) is 19.3. The van der Waals surface area contributed by atoms with Crippen LogP contribution in [0.2, 0.25) is 0 Å². The summed E-state index contributed by atoms with van der Waals surface area (Å²) in [7, 11) is -27.1. The van der Waals surface area contributed by atoms with Crippen molar-refractivity contribution < 1.29 is 104 Å². The topological polar surface area (TPSA) is 451 Å². The van der Waals surface area contributed by atoms with Gasteiger partial charge in [-0.2, -0.15) is 0 Å². The SMILES string of the molecule is O=c1n(COc2c(O)n(COc3c(OCn4c(O)c(OCn5c(O)c(O)n(CP6(=O)Oc7ccccc7-c7ccccc76)c5=O)n(CP5(=O)Oc6ccccc6-c6ccccc65)c4=O)n(CP4(=O)Oc5ccccc5-c5ccccc54)c(=O)n3CP3(=O)Oc4ccccc4-c4ccccc43)c(=O)n2CP2(=O)Oc3ccccc3-c3ccccc32)c(O)c(O)n1CP1(=O)Oc2ccccc2-c2ccccc21. The molecule has 43 heteroatoms. The molecule has 0 radical (unpaired) electrons. The van der Waals surface area contributed by atoms with Crippen molar-refractivity contribution in [3.63, 3.8) is 0 Å². The molecule has 6 unspecified atom stereocenters. The van der Waals surface area contributed by atoms with Crippen LogP contribution in [0, 0.1) is 0 Å². The number of aromatic nitrogens is 10. The minimum absolute atomic E-state index is 0.0459. The van der Waals surface area contributed by atoms with Gasteiger partial charge in [-0.05, 0) is 106 Å². The molecule has 0 fully saturated rings. The fourth-order valence-electron chi connectivity index (χ4n) is 18.7. The zero-order valence-electron chi connectivity index (χ0n) is 72.7. The average molecular weight is 2000 g/mol. The maximum Gasteiger partial charge on any atom is 0.337 e. The van der Waals surface area contributed by atoms with E-state index in [1.807, 2.05) is 0 Å². The Morgan fingerprint density at radius 1 is 0.186 bits per heavy atom. The van der Waals surface area contributed by atoms with Gasteiger partial charge in [-0.1, -0.05) is 218 Å². The van der Waals surface area contributed by atoms with E-state index in [-0.39, 0.29) is 66.3 Å². The predicted molar refractivity (Wildman–Crippen MR) is 514 cm³/mol. The van der Waals surface area contributed by atoms with Gasteiger partial charge in [0.05, 0.1) is 31.8 Å². The van der Waals surface area contributed by atoms with Gasteiger partial charge in [0.25, 0.3) is 103 Å².